The number of hydrogen-bond acceptors (Lipinski definition) is 5. The molecule has 0 aromatic carbocycles. The molecule has 0 aliphatic heterocycles. The first kappa shape index (κ1) is 21.4. The van der Waals surface area contributed by atoms with Crippen LogP contribution < -0.4 is 5.32 Å². The zero-order chi connectivity index (χ0) is 23.5. The predicted molar refractivity (Wildman–Crippen MR) is 113 cm³/mol. The summed E-state index contributed by atoms with van der Waals surface area (Å²) in [6.45, 7) is 1.97. The second-order valence-electron chi connectivity index (χ2n) is 8.21. The highest BCUT2D eigenvalue weighted by molar-refractivity contribution is 6.29. The van der Waals surface area contributed by atoms with Crippen molar-refractivity contribution in [3.8, 4) is 0 Å². The highest BCUT2D eigenvalue weighted by Gasteiger charge is 2.47. The van der Waals surface area contributed by atoms with Gasteiger partial charge in [-0.15, -0.1) is 0 Å². The highest BCUT2D eigenvalue weighted by Crippen LogP contribution is 2.50. The Labute approximate surface area is 190 Å². The summed E-state index contributed by atoms with van der Waals surface area (Å²) in [5.74, 6) is -1.14. The van der Waals surface area contributed by atoms with Crippen LogP contribution >= 0.6 is 11.6 Å². The van der Waals surface area contributed by atoms with Crippen molar-refractivity contribution in [2.45, 2.75) is 30.9 Å². The molecule has 0 saturated carbocycles. The summed E-state index contributed by atoms with van der Waals surface area (Å²) < 4.78 is 42.4. The van der Waals surface area contributed by atoms with Crippen molar-refractivity contribution >= 4 is 28.8 Å². The molecule has 5 rings (SSSR count). The van der Waals surface area contributed by atoms with E-state index in [4.69, 9.17) is 11.6 Å². The van der Waals surface area contributed by atoms with Crippen molar-refractivity contribution in [3.63, 3.8) is 0 Å². The van der Waals surface area contributed by atoms with Gasteiger partial charge in [0, 0.05) is 53.9 Å². The van der Waals surface area contributed by atoms with Gasteiger partial charge in [-0.2, -0.15) is 23.4 Å². The van der Waals surface area contributed by atoms with Crippen LogP contribution in [0.25, 0.3) is 5.65 Å². The molecule has 0 bridgehead atoms. The third-order valence-corrected chi connectivity index (χ3v) is 6.15. The van der Waals surface area contributed by atoms with Gasteiger partial charge in [0.2, 0.25) is 5.91 Å². The maximum absolute atomic E-state index is 13.3. The molecule has 12 heteroatoms. The smallest absolute Gasteiger partial charge is 0.325 e. The number of anilines is 1. The van der Waals surface area contributed by atoms with Crippen molar-refractivity contribution in [1.82, 2.24) is 29.4 Å². The van der Waals surface area contributed by atoms with Gasteiger partial charge in [-0.3, -0.25) is 14.5 Å². The van der Waals surface area contributed by atoms with Crippen LogP contribution in [0.15, 0.2) is 43.0 Å². The first-order valence-electron chi connectivity index (χ1n) is 9.94. The number of carbonyl (C=O) groups excluding carboxylic acids is 1. The number of hydrogen-bond donors (Lipinski definition) is 1. The molecule has 170 valence electrons. The second kappa shape index (κ2) is 7.27. The van der Waals surface area contributed by atoms with E-state index in [1.165, 1.54) is 6.07 Å². The number of rotatable bonds is 3. The van der Waals surface area contributed by atoms with E-state index < -0.39 is 29.1 Å². The minimum atomic E-state index is -4.62. The molecular formula is C21H17ClF3N7O. The number of nitrogens with one attached hydrogen (secondary N) is 1. The molecule has 0 fully saturated rings. The third kappa shape index (κ3) is 3.52. The molecule has 1 aliphatic rings. The van der Waals surface area contributed by atoms with Crippen LogP contribution in [0.5, 0.6) is 0 Å². The molecular weight excluding hydrogens is 459 g/mol. The fourth-order valence-corrected chi connectivity index (χ4v) is 4.60. The summed E-state index contributed by atoms with van der Waals surface area (Å²) in [5, 5.41) is 11.5. The average molecular weight is 476 g/mol. The molecule has 1 aliphatic carbocycles. The number of fused-ring (bicyclic) bond motifs is 3. The summed E-state index contributed by atoms with van der Waals surface area (Å²) in [5.41, 5.74) is 1.01. The molecule has 1 N–H and O–H groups in total. The maximum Gasteiger partial charge on any atom is 0.433 e. The number of aromatic nitrogens is 6. The van der Waals surface area contributed by atoms with Crippen LogP contribution in [-0.4, -0.2) is 35.3 Å². The Balaban J connectivity index is 1.58. The van der Waals surface area contributed by atoms with Crippen molar-refractivity contribution in [2.24, 2.45) is 7.05 Å². The van der Waals surface area contributed by atoms with Crippen LogP contribution in [0.3, 0.4) is 0 Å². The van der Waals surface area contributed by atoms with Gasteiger partial charge in [-0.1, -0.05) is 11.6 Å². The number of aryl methyl sites for hydroxylation is 1. The van der Waals surface area contributed by atoms with E-state index in [-0.39, 0.29) is 10.8 Å². The molecule has 0 unspecified atom stereocenters. The number of halogens is 4. The summed E-state index contributed by atoms with van der Waals surface area (Å²) in [6.07, 6.45) is 1.92. The Hall–Kier alpha value is -3.47. The number of alkyl halides is 3. The lowest BCUT2D eigenvalue weighted by atomic mass is 9.80. The Kier molecular flexibility index (Phi) is 4.71. The molecule has 1 amide bonds. The van der Waals surface area contributed by atoms with Crippen LogP contribution in [0, 0.1) is 0 Å². The lowest BCUT2D eigenvalue weighted by Crippen LogP contribution is -2.25. The van der Waals surface area contributed by atoms with Crippen molar-refractivity contribution < 1.29 is 18.0 Å². The van der Waals surface area contributed by atoms with Crippen molar-refractivity contribution in [3.05, 3.63) is 70.7 Å². The van der Waals surface area contributed by atoms with Crippen LogP contribution in [-0.2, 0) is 23.4 Å². The van der Waals surface area contributed by atoms with Crippen LogP contribution in [0.1, 0.15) is 41.8 Å². The van der Waals surface area contributed by atoms with E-state index in [9.17, 15) is 18.0 Å². The van der Waals surface area contributed by atoms with Gasteiger partial charge in [0.25, 0.3) is 0 Å². The van der Waals surface area contributed by atoms with E-state index in [0.717, 1.165) is 23.5 Å². The molecule has 8 nitrogen and oxygen atoms in total. The molecule has 2 atom stereocenters. The first-order valence-corrected chi connectivity index (χ1v) is 10.3. The second-order valence-corrected chi connectivity index (χ2v) is 8.59. The molecule has 4 aromatic heterocycles. The molecule has 4 heterocycles. The van der Waals surface area contributed by atoms with Gasteiger partial charge in [-0.25, -0.2) is 9.50 Å². The normalized spacial score (nSPS) is 20.2. The Bertz CT molecular complexity index is 1400. The van der Waals surface area contributed by atoms with Gasteiger partial charge in [-0.05, 0) is 25.5 Å². The highest BCUT2D eigenvalue weighted by atomic mass is 35.5. The van der Waals surface area contributed by atoms with E-state index in [1.54, 1.807) is 34.7 Å². The standard InChI is InChI=1S/C21H17ClF3N7O/c1-20(11-8-28-31(2)10-11)7-13(14-9-27-17-6-16(22)30-32(17)18(14)20)19(33)29-12-3-4-26-15(5-12)21(23,24)25/h3-6,8-10,13H,7H2,1-2H3,(H,26,29,33)/t13-,20-/m0/s1. The maximum atomic E-state index is 13.3. The van der Waals surface area contributed by atoms with Crippen LogP contribution in [0.2, 0.25) is 5.15 Å². The number of amides is 1. The topological polar surface area (TPSA) is 90.0 Å². The van der Waals surface area contributed by atoms with E-state index >= 15 is 0 Å². The Morgan fingerprint density at radius 3 is 2.76 bits per heavy atom. The summed E-state index contributed by atoms with van der Waals surface area (Å²) >= 11 is 6.12. The van der Waals surface area contributed by atoms with Crippen LogP contribution in [0.4, 0.5) is 18.9 Å². The third-order valence-electron chi connectivity index (χ3n) is 5.97. The molecule has 0 radical (unpaired) electrons. The monoisotopic (exact) mass is 475 g/mol. The summed E-state index contributed by atoms with van der Waals surface area (Å²) in [4.78, 5) is 21.0. The number of pyridine rings is 1. The van der Waals surface area contributed by atoms with E-state index in [0.29, 0.717) is 17.6 Å². The quantitative estimate of drug-likeness (QED) is 0.484. The zero-order valence-corrected chi connectivity index (χ0v) is 18.2. The fourth-order valence-electron chi connectivity index (χ4n) is 4.43. The van der Waals surface area contributed by atoms with Crippen molar-refractivity contribution in [1.29, 1.82) is 0 Å². The van der Waals surface area contributed by atoms with E-state index in [1.807, 2.05) is 13.1 Å². The predicted octanol–water partition coefficient (Wildman–Crippen LogP) is 3.96. The van der Waals surface area contributed by atoms with Crippen molar-refractivity contribution in [2.75, 3.05) is 5.32 Å². The largest absolute Gasteiger partial charge is 0.433 e. The first-order chi connectivity index (χ1) is 15.6. The van der Waals surface area contributed by atoms with Gasteiger partial charge < -0.3 is 5.32 Å². The SMILES string of the molecule is Cn1cc([C@]2(C)C[C@H](C(=O)Nc3ccnc(C(F)(F)F)c3)c3cnc4cc(Cl)nn4c32)cn1. The number of carbonyl (C=O) groups is 1. The minimum absolute atomic E-state index is 0.00928. The summed E-state index contributed by atoms with van der Waals surface area (Å²) in [7, 11) is 1.79. The molecule has 0 spiro atoms. The zero-order valence-electron chi connectivity index (χ0n) is 17.4. The summed E-state index contributed by atoms with van der Waals surface area (Å²) in [6, 6.07) is 3.75. The Morgan fingerprint density at radius 2 is 2.06 bits per heavy atom. The van der Waals surface area contributed by atoms with Gasteiger partial charge in [0.05, 0.1) is 17.8 Å². The fraction of sp³-hybridized carbons (Fsp3) is 0.286. The average Bonchev–Trinajstić information content (AvgIpc) is 3.43. The lowest BCUT2D eigenvalue weighted by Gasteiger charge is -2.24. The minimum Gasteiger partial charge on any atom is -0.325 e. The number of nitrogens with zero attached hydrogens (tertiary/aromatic N) is 6. The molecule has 0 saturated heterocycles. The molecule has 33 heavy (non-hydrogen) atoms. The van der Waals surface area contributed by atoms with E-state index in [2.05, 4.69) is 25.5 Å². The molecule has 4 aromatic rings. The van der Waals surface area contributed by atoms with Gasteiger partial charge in [0.1, 0.15) is 5.69 Å². The Morgan fingerprint density at radius 1 is 1.27 bits per heavy atom. The lowest BCUT2D eigenvalue weighted by molar-refractivity contribution is -0.141. The van der Waals surface area contributed by atoms with Gasteiger partial charge in [0.15, 0.2) is 10.8 Å². The van der Waals surface area contributed by atoms with Gasteiger partial charge >= 0.3 is 6.18 Å².